The molecule has 0 amide bonds. The molecule has 236 valence electrons. The van der Waals surface area contributed by atoms with Crippen LogP contribution in [0.25, 0.3) is 21.5 Å². The predicted octanol–water partition coefficient (Wildman–Crippen LogP) is 12.0. The molecule has 0 unspecified atom stereocenters. The average molecular weight is 600 g/mol. The molecule has 4 aromatic rings. The highest BCUT2D eigenvalue weighted by molar-refractivity contribution is 6.07. The van der Waals surface area contributed by atoms with Gasteiger partial charge in [0.2, 0.25) is 5.69 Å². The number of hydrogen-bond acceptors (Lipinski definition) is 1. The Labute approximate surface area is 273 Å². The molecule has 0 aliphatic carbocycles. The maximum absolute atomic E-state index is 2.54. The summed E-state index contributed by atoms with van der Waals surface area (Å²) in [6.07, 6.45) is 11.3. The van der Waals surface area contributed by atoms with Crippen molar-refractivity contribution in [1.82, 2.24) is 0 Å². The summed E-state index contributed by atoms with van der Waals surface area (Å²) in [6, 6.07) is 26.7. The van der Waals surface area contributed by atoms with Gasteiger partial charge in [-0.05, 0) is 86.9 Å². The maximum Gasteiger partial charge on any atom is 0.210 e. The van der Waals surface area contributed by atoms with E-state index in [1.807, 2.05) is 27.7 Å². The molecular formula is C43H55N2+. The van der Waals surface area contributed by atoms with E-state index in [2.05, 4.69) is 168 Å². The van der Waals surface area contributed by atoms with E-state index >= 15 is 0 Å². The number of allylic oxidation sites excluding steroid dienone is 6. The molecule has 0 spiro atoms. The van der Waals surface area contributed by atoms with E-state index in [-0.39, 0.29) is 16.4 Å². The Morgan fingerprint density at radius 2 is 1.22 bits per heavy atom. The number of fused-ring (bicyclic) bond motifs is 6. The van der Waals surface area contributed by atoms with Crippen LogP contribution in [-0.4, -0.2) is 22.4 Å². The lowest BCUT2D eigenvalue weighted by Gasteiger charge is -2.38. The van der Waals surface area contributed by atoms with E-state index in [9.17, 15) is 0 Å². The number of hydrogen-bond donors (Lipinski definition) is 0. The minimum Gasteiger partial charge on any atom is -0.339 e. The summed E-state index contributed by atoms with van der Waals surface area (Å²) in [5, 5.41) is 5.32. The first kappa shape index (κ1) is 34.0. The largest absolute Gasteiger partial charge is 0.339 e. The van der Waals surface area contributed by atoms with E-state index in [1.165, 1.54) is 55.5 Å². The Morgan fingerprint density at radius 3 is 1.80 bits per heavy atom. The average Bonchev–Trinajstić information content (AvgIpc) is 3.41. The SMILES string of the molecule is CC.CC.CC[N+]1=C(/C=C/C=C/C=C2/N(C(C)(C)C)c3ccc4ccccc4c3C2(C)C)C(C)(C)c2c1ccc1ccccc21. The lowest BCUT2D eigenvalue weighted by atomic mass is 9.79. The zero-order chi connectivity index (χ0) is 33.2. The summed E-state index contributed by atoms with van der Waals surface area (Å²) in [6.45, 7) is 27.6. The highest BCUT2D eigenvalue weighted by Crippen LogP contribution is 2.53. The van der Waals surface area contributed by atoms with Crippen molar-refractivity contribution in [2.24, 2.45) is 0 Å². The highest BCUT2D eigenvalue weighted by atomic mass is 15.2. The van der Waals surface area contributed by atoms with Crippen LogP contribution in [0.1, 0.15) is 94.2 Å². The van der Waals surface area contributed by atoms with Gasteiger partial charge in [0, 0.05) is 40.0 Å². The fourth-order valence-corrected chi connectivity index (χ4v) is 7.38. The summed E-state index contributed by atoms with van der Waals surface area (Å²) in [5.41, 5.74) is 7.97. The Bertz CT molecular complexity index is 1800. The van der Waals surface area contributed by atoms with E-state index in [0.717, 1.165) is 6.54 Å². The second kappa shape index (κ2) is 13.2. The molecule has 0 saturated carbocycles. The van der Waals surface area contributed by atoms with Gasteiger partial charge in [0.05, 0.1) is 5.41 Å². The smallest absolute Gasteiger partial charge is 0.210 e. The molecule has 6 rings (SSSR count). The summed E-state index contributed by atoms with van der Waals surface area (Å²) in [7, 11) is 0. The van der Waals surface area contributed by atoms with Crippen molar-refractivity contribution in [2.45, 2.75) is 99.5 Å². The monoisotopic (exact) mass is 599 g/mol. The number of benzene rings is 4. The second-order valence-electron chi connectivity index (χ2n) is 13.5. The molecule has 0 N–H and O–H groups in total. The summed E-state index contributed by atoms with van der Waals surface area (Å²) >= 11 is 0. The third-order valence-electron chi connectivity index (χ3n) is 9.13. The number of rotatable bonds is 4. The van der Waals surface area contributed by atoms with Crippen LogP contribution in [0.5, 0.6) is 0 Å². The summed E-state index contributed by atoms with van der Waals surface area (Å²) < 4.78 is 2.48. The minimum absolute atomic E-state index is 0.0413. The molecule has 2 aliphatic heterocycles. The highest BCUT2D eigenvalue weighted by Gasteiger charge is 2.46. The molecule has 2 aliphatic rings. The van der Waals surface area contributed by atoms with Crippen LogP contribution < -0.4 is 4.90 Å². The molecular weight excluding hydrogens is 544 g/mol. The Hall–Kier alpha value is -3.91. The molecule has 0 radical (unpaired) electrons. The van der Waals surface area contributed by atoms with Crippen molar-refractivity contribution in [3.05, 3.63) is 120 Å². The van der Waals surface area contributed by atoms with Crippen LogP contribution in [0, 0.1) is 0 Å². The van der Waals surface area contributed by atoms with Gasteiger partial charge in [-0.15, -0.1) is 0 Å². The lowest BCUT2D eigenvalue weighted by Crippen LogP contribution is -2.41. The number of anilines is 1. The molecule has 2 heterocycles. The van der Waals surface area contributed by atoms with Crippen LogP contribution in [0.3, 0.4) is 0 Å². The van der Waals surface area contributed by atoms with Crippen molar-refractivity contribution >= 4 is 38.6 Å². The minimum atomic E-state index is -0.110. The Kier molecular flexibility index (Phi) is 9.98. The van der Waals surface area contributed by atoms with E-state index in [1.54, 1.807) is 0 Å². The molecule has 0 bridgehead atoms. The molecule has 2 nitrogen and oxygen atoms in total. The zero-order valence-corrected chi connectivity index (χ0v) is 29.9. The lowest BCUT2D eigenvalue weighted by molar-refractivity contribution is -0.433. The molecule has 45 heavy (non-hydrogen) atoms. The van der Waals surface area contributed by atoms with Gasteiger partial charge in [-0.3, -0.25) is 0 Å². The van der Waals surface area contributed by atoms with Crippen molar-refractivity contribution in [1.29, 1.82) is 0 Å². The number of nitrogens with zero attached hydrogens (tertiary/aromatic N) is 2. The topological polar surface area (TPSA) is 6.25 Å². The first-order chi connectivity index (χ1) is 21.5. The van der Waals surface area contributed by atoms with Crippen LogP contribution in [-0.2, 0) is 10.8 Å². The van der Waals surface area contributed by atoms with E-state index < -0.39 is 0 Å². The molecule has 0 saturated heterocycles. The second-order valence-corrected chi connectivity index (χ2v) is 13.5. The Morgan fingerprint density at radius 1 is 0.667 bits per heavy atom. The van der Waals surface area contributed by atoms with Crippen molar-refractivity contribution in [2.75, 3.05) is 11.4 Å². The standard InChI is InChI=1S/C39H43N2.2C2H6/c1-9-40-31-25-23-27-17-13-15-19-29(27)35(31)38(5,6)33(40)21-11-10-12-22-34-39(7,8)36-30-20-16-14-18-28(30)24-26-32(36)41(34)37(2,3)4;2*1-2/h10-26H,9H2,1-8H3;2*1-2H3/q+1;;. The van der Waals surface area contributed by atoms with E-state index in [0.29, 0.717) is 0 Å². The fraction of sp³-hybridized carbons (Fsp3) is 0.372. The van der Waals surface area contributed by atoms with Crippen LogP contribution in [0.15, 0.2) is 109 Å². The van der Waals surface area contributed by atoms with Crippen molar-refractivity contribution in [3.8, 4) is 0 Å². The zero-order valence-electron chi connectivity index (χ0n) is 29.9. The molecule has 2 heteroatoms. The van der Waals surface area contributed by atoms with Gasteiger partial charge in [-0.25, -0.2) is 0 Å². The molecule has 0 fully saturated rings. The van der Waals surface area contributed by atoms with Gasteiger partial charge in [0.15, 0.2) is 5.71 Å². The molecule has 0 atom stereocenters. The van der Waals surface area contributed by atoms with Gasteiger partial charge in [-0.2, -0.15) is 4.58 Å². The third kappa shape index (κ3) is 5.81. The molecule has 0 aromatic heterocycles. The summed E-state index contributed by atoms with van der Waals surface area (Å²) in [5.74, 6) is 0. The van der Waals surface area contributed by atoms with Gasteiger partial charge in [-0.1, -0.05) is 114 Å². The van der Waals surface area contributed by atoms with Crippen LogP contribution in [0.2, 0.25) is 0 Å². The fourth-order valence-electron chi connectivity index (χ4n) is 7.38. The van der Waals surface area contributed by atoms with Crippen molar-refractivity contribution < 1.29 is 4.58 Å². The van der Waals surface area contributed by atoms with Crippen LogP contribution >= 0.6 is 0 Å². The predicted molar refractivity (Wildman–Crippen MR) is 201 cm³/mol. The normalized spacial score (nSPS) is 17.5. The first-order valence-corrected chi connectivity index (χ1v) is 17.0. The first-order valence-electron chi connectivity index (χ1n) is 17.0. The Balaban J connectivity index is 0.00000111. The maximum atomic E-state index is 2.54. The summed E-state index contributed by atoms with van der Waals surface area (Å²) in [4.78, 5) is 2.54. The van der Waals surface area contributed by atoms with Gasteiger partial charge in [0.1, 0.15) is 6.54 Å². The quantitative estimate of drug-likeness (QED) is 0.167. The molecule has 4 aromatic carbocycles. The van der Waals surface area contributed by atoms with Crippen molar-refractivity contribution in [3.63, 3.8) is 0 Å². The van der Waals surface area contributed by atoms with Gasteiger partial charge in [0.25, 0.3) is 0 Å². The van der Waals surface area contributed by atoms with Crippen LogP contribution in [0.4, 0.5) is 11.4 Å². The third-order valence-corrected chi connectivity index (χ3v) is 9.13. The van der Waals surface area contributed by atoms with Gasteiger partial charge >= 0.3 is 0 Å². The van der Waals surface area contributed by atoms with E-state index in [4.69, 9.17) is 0 Å². The van der Waals surface area contributed by atoms with Gasteiger partial charge < -0.3 is 4.90 Å².